The molecule has 138 valence electrons. The van der Waals surface area contributed by atoms with Gasteiger partial charge in [-0.1, -0.05) is 29.8 Å². The Morgan fingerprint density at radius 1 is 1.08 bits per heavy atom. The number of nitrogens with zero attached hydrogens (tertiary/aromatic N) is 1. The molecule has 2 rings (SSSR count). The van der Waals surface area contributed by atoms with Gasteiger partial charge < -0.3 is 19.7 Å². The highest BCUT2D eigenvalue weighted by Gasteiger charge is 2.17. The summed E-state index contributed by atoms with van der Waals surface area (Å²) >= 11 is 5.97. The fourth-order valence-electron chi connectivity index (χ4n) is 2.46. The van der Waals surface area contributed by atoms with Crippen molar-refractivity contribution in [2.45, 2.75) is 13.5 Å². The number of carbonyl (C=O) groups excluding carboxylic acids is 2. The molecular formula is C19H21ClN2O4. The monoisotopic (exact) mass is 376 g/mol. The summed E-state index contributed by atoms with van der Waals surface area (Å²) < 4.78 is 10.5. The number of anilines is 1. The quantitative estimate of drug-likeness (QED) is 0.804. The van der Waals surface area contributed by atoms with Gasteiger partial charge in [-0.15, -0.1) is 0 Å². The molecule has 2 aromatic rings. The van der Waals surface area contributed by atoms with E-state index in [0.717, 1.165) is 5.56 Å². The normalized spacial score (nSPS) is 10.2. The summed E-state index contributed by atoms with van der Waals surface area (Å²) in [7, 11) is 3.07. The van der Waals surface area contributed by atoms with Crippen LogP contribution < -0.4 is 14.8 Å². The van der Waals surface area contributed by atoms with Crippen LogP contribution in [0.3, 0.4) is 0 Å². The SMILES string of the molecule is COc1ccccc1CN(CC(=O)Nc1cc(Cl)ccc1OC)C(C)=O. The van der Waals surface area contributed by atoms with Crippen molar-refractivity contribution in [1.82, 2.24) is 4.90 Å². The van der Waals surface area contributed by atoms with E-state index in [-0.39, 0.29) is 24.9 Å². The van der Waals surface area contributed by atoms with E-state index in [1.165, 1.54) is 18.9 Å². The molecule has 6 nitrogen and oxygen atoms in total. The smallest absolute Gasteiger partial charge is 0.244 e. The number of ether oxygens (including phenoxy) is 2. The van der Waals surface area contributed by atoms with E-state index < -0.39 is 0 Å². The van der Waals surface area contributed by atoms with Crippen LogP contribution in [-0.4, -0.2) is 37.5 Å². The molecule has 0 bridgehead atoms. The first-order valence-corrected chi connectivity index (χ1v) is 8.33. The highest BCUT2D eigenvalue weighted by molar-refractivity contribution is 6.31. The number of halogens is 1. The topological polar surface area (TPSA) is 67.9 Å². The average Bonchev–Trinajstić information content (AvgIpc) is 2.61. The highest BCUT2D eigenvalue weighted by Crippen LogP contribution is 2.27. The summed E-state index contributed by atoms with van der Waals surface area (Å²) in [6.45, 7) is 1.57. The first kappa shape index (κ1) is 19.6. The Morgan fingerprint density at radius 3 is 2.42 bits per heavy atom. The summed E-state index contributed by atoms with van der Waals surface area (Å²) in [4.78, 5) is 25.8. The molecule has 0 fully saturated rings. The van der Waals surface area contributed by atoms with Crippen LogP contribution in [0.25, 0.3) is 0 Å². The Bertz CT molecular complexity index is 795. The van der Waals surface area contributed by atoms with E-state index >= 15 is 0 Å². The molecule has 0 aromatic heterocycles. The van der Waals surface area contributed by atoms with Crippen molar-refractivity contribution in [1.29, 1.82) is 0 Å². The number of carbonyl (C=O) groups is 2. The molecule has 0 spiro atoms. The molecule has 1 N–H and O–H groups in total. The Hall–Kier alpha value is -2.73. The van der Waals surface area contributed by atoms with Gasteiger partial charge in [0.05, 0.1) is 19.9 Å². The zero-order valence-corrected chi connectivity index (χ0v) is 15.7. The number of hydrogen-bond donors (Lipinski definition) is 1. The first-order valence-electron chi connectivity index (χ1n) is 7.95. The molecule has 2 aromatic carbocycles. The molecule has 0 heterocycles. The molecule has 2 amide bonds. The molecule has 26 heavy (non-hydrogen) atoms. The predicted molar refractivity (Wildman–Crippen MR) is 101 cm³/mol. The van der Waals surface area contributed by atoms with Crippen molar-refractivity contribution < 1.29 is 19.1 Å². The number of amides is 2. The van der Waals surface area contributed by atoms with Crippen LogP contribution in [0.2, 0.25) is 5.02 Å². The number of methoxy groups -OCH3 is 2. The van der Waals surface area contributed by atoms with Gasteiger partial charge in [-0.05, 0) is 24.3 Å². The fraction of sp³-hybridized carbons (Fsp3) is 0.263. The van der Waals surface area contributed by atoms with Gasteiger partial charge in [-0.25, -0.2) is 0 Å². The molecule has 0 saturated heterocycles. The zero-order chi connectivity index (χ0) is 19.1. The molecule has 7 heteroatoms. The first-order chi connectivity index (χ1) is 12.4. The largest absolute Gasteiger partial charge is 0.496 e. The van der Waals surface area contributed by atoms with Crippen molar-refractivity contribution in [2.24, 2.45) is 0 Å². The second-order valence-electron chi connectivity index (χ2n) is 5.58. The molecule has 0 aliphatic carbocycles. The van der Waals surface area contributed by atoms with Crippen LogP contribution in [0.5, 0.6) is 11.5 Å². The third kappa shape index (κ3) is 5.13. The van der Waals surface area contributed by atoms with Gasteiger partial charge in [0.15, 0.2) is 0 Å². The highest BCUT2D eigenvalue weighted by atomic mass is 35.5. The second kappa shape index (κ2) is 9.10. The van der Waals surface area contributed by atoms with E-state index in [1.807, 2.05) is 24.3 Å². The lowest BCUT2D eigenvalue weighted by Crippen LogP contribution is -2.36. The van der Waals surface area contributed by atoms with E-state index in [2.05, 4.69) is 5.32 Å². The lowest BCUT2D eigenvalue weighted by molar-refractivity contribution is -0.133. The Balaban J connectivity index is 2.11. The predicted octanol–water partition coefficient (Wildman–Crippen LogP) is 3.34. The van der Waals surface area contributed by atoms with E-state index in [4.69, 9.17) is 21.1 Å². The maximum Gasteiger partial charge on any atom is 0.244 e. The molecule has 0 radical (unpaired) electrons. The summed E-state index contributed by atoms with van der Waals surface area (Å²) in [5.74, 6) is 0.581. The fourth-order valence-corrected chi connectivity index (χ4v) is 2.63. The lowest BCUT2D eigenvalue weighted by atomic mass is 10.2. The number of nitrogens with one attached hydrogen (secondary N) is 1. The van der Waals surface area contributed by atoms with E-state index in [1.54, 1.807) is 25.3 Å². The maximum atomic E-state index is 12.4. The third-order valence-electron chi connectivity index (χ3n) is 3.77. The molecule has 0 atom stereocenters. The number of para-hydroxylation sites is 1. The van der Waals surface area contributed by atoms with Crippen molar-refractivity contribution in [2.75, 3.05) is 26.1 Å². The average molecular weight is 377 g/mol. The van der Waals surface area contributed by atoms with E-state index in [0.29, 0.717) is 22.2 Å². The standard InChI is InChI=1S/C19H21ClN2O4/c1-13(23)22(11-14-6-4-5-7-17(14)25-2)12-19(24)21-16-10-15(20)8-9-18(16)26-3/h4-10H,11-12H2,1-3H3,(H,21,24). The Kier molecular flexibility index (Phi) is 6.86. The van der Waals surface area contributed by atoms with Crippen molar-refractivity contribution >= 4 is 29.1 Å². The second-order valence-corrected chi connectivity index (χ2v) is 6.02. The van der Waals surface area contributed by atoms with Crippen molar-refractivity contribution in [3.63, 3.8) is 0 Å². The van der Waals surface area contributed by atoms with Gasteiger partial charge in [0.25, 0.3) is 0 Å². The lowest BCUT2D eigenvalue weighted by Gasteiger charge is -2.22. The van der Waals surface area contributed by atoms with Gasteiger partial charge in [0, 0.05) is 24.1 Å². The van der Waals surface area contributed by atoms with Crippen LogP contribution in [0, 0.1) is 0 Å². The van der Waals surface area contributed by atoms with Crippen LogP contribution in [0.4, 0.5) is 5.69 Å². The molecule has 0 aliphatic heterocycles. The summed E-state index contributed by atoms with van der Waals surface area (Å²) in [5.41, 5.74) is 1.27. The minimum Gasteiger partial charge on any atom is -0.496 e. The zero-order valence-electron chi connectivity index (χ0n) is 14.9. The van der Waals surface area contributed by atoms with Gasteiger partial charge in [-0.2, -0.15) is 0 Å². The number of rotatable bonds is 7. The Morgan fingerprint density at radius 2 is 1.77 bits per heavy atom. The van der Waals surface area contributed by atoms with E-state index in [9.17, 15) is 9.59 Å². The summed E-state index contributed by atoms with van der Waals surface area (Å²) in [6, 6.07) is 12.3. The minimum atomic E-state index is -0.351. The van der Waals surface area contributed by atoms with Crippen LogP contribution in [0.1, 0.15) is 12.5 Å². The van der Waals surface area contributed by atoms with Gasteiger partial charge in [-0.3, -0.25) is 9.59 Å². The number of benzene rings is 2. The van der Waals surface area contributed by atoms with Crippen LogP contribution in [-0.2, 0) is 16.1 Å². The van der Waals surface area contributed by atoms with Gasteiger partial charge in [0.2, 0.25) is 11.8 Å². The number of hydrogen-bond acceptors (Lipinski definition) is 4. The Labute approximate surface area is 157 Å². The van der Waals surface area contributed by atoms with Crippen molar-refractivity contribution in [3.8, 4) is 11.5 Å². The third-order valence-corrected chi connectivity index (χ3v) is 4.00. The van der Waals surface area contributed by atoms with Crippen LogP contribution in [0.15, 0.2) is 42.5 Å². The summed E-state index contributed by atoms with van der Waals surface area (Å²) in [6.07, 6.45) is 0. The summed E-state index contributed by atoms with van der Waals surface area (Å²) in [5, 5.41) is 3.20. The maximum absolute atomic E-state index is 12.4. The molecule has 0 aliphatic rings. The van der Waals surface area contributed by atoms with Gasteiger partial charge in [0.1, 0.15) is 18.0 Å². The molecule has 0 unspecified atom stereocenters. The minimum absolute atomic E-state index is 0.108. The molecular weight excluding hydrogens is 356 g/mol. The van der Waals surface area contributed by atoms with Crippen LogP contribution >= 0.6 is 11.6 Å². The van der Waals surface area contributed by atoms with Crippen molar-refractivity contribution in [3.05, 3.63) is 53.1 Å². The molecule has 0 saturated carbocycles. The van der Waals surface area contributed by atoms with Gasteiger partial charge >= 0.3 is 0 Å².